The number of nitrogens with zero attached hydrogens (tertiary/aromatic N) is 1. The molecule has 0 fully saturated rings. The van der Waals surface area contributed by atoms with Crippen LogP contribution in [0.4, 0.5) is 10.5 Å². The normalized spacial score (nSPS) is 13.1. The van der Waals surface area contributed by atoms with E-state index < -0.39 is 0 Å². The van der Waals surface area contributed by atoms with E-state index in [-0.39, 0.29) is 18.4 Å². The van der Waals surface area contributed by atoms with Gasteiger partial charge in [0, 0.05) is 36.8 Å². The standard InChI is InChI=1S/C19H20ClN3O2/c20-16-6-3-7-17(12-16)22-19(25)21-10-8-18(24)23-11-9-14-4-1-2-5-15(14)13-23/h1-7,12H,8-11,13H2,(H2,21,22,25). The minimum atomic E-state index is -0.348. The minimum Gasteiger partial charge on any atom is -0.338 e. The molecule has 130 valence electrons. The van der Waals surface area contributed by atoms with Gasteiger partial charge >= 0.3 is 6.03 Å². The maximum atomic E-state index is 12.3. The van der Waals surface area contributed by atoms with Gasteiger partial charge in [0.2, 0.25) is 5.91 Å². The van der Waals surface area contributed by atoms with Gasteiger partial charge in [-0.1, -0.05) is 41.9 Å². The van der Waals surface area contributed by atoms with Crippen LogP contribution in [0.3, 0.4) is 0 Å². The number of fused-ring (bicyclic) bond motifs is 1. The molecule has 2 N–H and O–H groups in total. The van der Waals surface area contributed by atoms with Crippen molar-refractivity contribution in [2.45, 2.75) is 19.4 Å². The molecule has 2 aromatic rings. The molecule has 0 spiro atoms. The van der Waals surface area contributed by atoms with Crippen LogP contribution >= 0.6 is 11.6 Å². The van der Waals surface area contributed by atoms with Crippen molar-refractivity contribution in [1.82, 2.24) is 10.2 Å². The Bertz CT molecular complexity index is 779. The lowest BCUT2D eigenvalue weighted by Crippen LogP contribution is -2.38. The number of hydrogen-bond donors (Lipinski definition) is 2. The molecule has 6 heteroatoms. The van der Waals surface area contributed by atoms with Crippen LogP contribution in [0.1, 0.15) is 17.5 Å². The van der Waals surface area contributed by atoms with Crippen LogP contribution in [0.15, 0.2) is 48.5 Å². The zero-order valence-corrected chi connectivity index (χ0v) is 14.6. The number of hydrogen-bond acceptors (Lipinski definition) is 2. The fraction of sp³-hybridized carbons (Fsp3) is 0.263. The van der Waals surface area contributed by atoms with Crippen LogP contribution < -0.4 is 10.6 Å². The summed E-state index contributed by atoms with van der Waals surface area (Å²) in [5.41, 5.74) is 3.13. The molecule has 3 amide bonds. The largest absolute Gasteiger partial charge is 0.338 e. The molecule has 0 radical (unpaired) electrons. The lowest BCUT2D eigenvalue weighted by molar-refractivity contribution is -0.131. The van der Waals surface area contributed by atoms with Gasteiger partial charge in [-0.2, -0.15) is 0 Å². The van der Waals surface area contributed by atoms with Crippen LogP contribution in [0.2, 0.25) is 5.02 Å². The molecular weight excluding hydrogens is 338 g/mol. The smallest absolute Gasteiger partial charge is 0.319 e. The Morgan fingerprint density at radius 2 is 1.88 bits per heavy atom. The van der Waals surface area contributed by atoms with E-state index in [2.05, 4.69) is 22.8 Å². The van der Waals surface area contributed by atoms with Crippen molar-refractivity contribution in [2.75, 3.05) is 18.4 Å². The van der Waals surface area contributed by atoms with Gasteiger partial charge in [-0.15, -0.1) is 0 Å². The van der Waals surface area contributed by atoms with Gasteiger partial charge in [0.15, 0.2) is 0 Å². The van der Waals surface area contributed by atoms with Gasteiger partial charge < -0.3 is 15.5 Å². The van der Waals surface area contributed by atoms with Gasteiger partial charge in [-0.3, -0.25) is 4.79 Å². The third-order valence-electron chi connectivity index (χ3n) is 4.19. The zero-order valence-electron chi connectivity index (χ0n) is 13.8. The van der Waals surface area contributed by atoms with Crippen molar-refractivity contribution in [3.8, 4) is 0 Å². The molecule has 25 heavy (non-hydrogen) atoms. The molecule has 0 aromatic heterocycles. The van der Waals surface area contributed by atoms with Crippen molar-refractivity contribution in [3.63, 3.8) is 0 Å². The summed E-state index contributed by atoms with van der Waals surface area (Å²) in [7, 11) is 0. The molecule has 1 aliphatic rings. The van der Waals surface area contributed by atoms with Gasteiger partial charge in [-0.25, -0.2) is 4.79 Å². The average Bonchev–Trinajstić information content (AvgIpc) is 2.61. The second-order valence-electron chi connectivity index (χ2n) is 5.98. The number of rotatable bonds is 4. The number of nitrogens with one attached hydrogen (secondary N) is 2. The van der Waals surface area contributed by atoms with E-state index in [1.165, 1.54) is 11.1 Å². The first-order valence-electron chi connectivity index (χ1n) is 8.27. The summed E-state index contributed by atoms with van der Waals surface area (Å²) in [6, 6.07) is 14.8. The molecule has 0 unspecified atom stereocenters. The van der Waals surface area contributed by atoms with Crippen LogP contribution in [-0.2, 0) is 17.8 Å². The van der Waals surface area contributed by atoms with Crippen molar-refractivity contribution < 1.29 is 9.59 Å². The SMILES string of the molecule is O=C(NCCC(=O)N1CCc2ccccc2C1)Nc1cccc(Cl)c1. The highest BCUT2D eigenvalue weighted by Gasteiger charge is 2.19. The lowest BCUT2D eigenvalue weighted by Gasteiger charge is -2.29. The number of benzene rings is 2. The quantitative estimate of drug-likeness (QED) is 0.880. The second kappa shape index (κ2) is 8.03. The topological polar surface area (TPSA) is 61.4 Å². The number of halogens is 1. The molecule has 5 nitrogen and oxygen atoms in total. The first kappa shape index (κ1) is 17.3. The molecule has 0 bridgehead atoms. The van der Waals surface area contributed by atoms with Gasteiger partial charge in [0.25, 0.3) is 0 Å². The third kappa shape index (κ3) is 4.73. The van der Waals surface area contributed by atoms with E-state index in [0.29, 0.717) is 23.8 Å². The Morgan fingerprint density at radius 3 is 2.68 bits per heavy atom. The van der Waals surface area contributed by atoms with E-state index >= 15 is 0 Å². The van der Waals surface area contributed by atoms with Crippen LogP contribution in [-0.4, -0.2) is 29.9 Å². The number of amides is 3. The fourth-order valence-corrected chi connectivity index (χ4v) is 3.08. The molecule has 0 atom stereocenters. The van der Waals surface area contributed by atoms with Crippen molar-refractivity contribution in [1.29, 1.82) is 0 Å². The summed E-state index contributed by atoms with van der Waals surface area (Å²) in [6.07, 6.45) is 1.16. The first-order chi connectivity index (χ1) is 12.1. The Kier molecular flexibility index (Phi) is 5.56. The van der Waals surface area contributed by atoms with Crippen LogP contribution in [0.5, 0.6) is 0 Å². The van der Waals surface area contributed by atoms with Crippen molar-refractivity contribution >= 4 is 29.2 Å². The highest BCUT2D eigenvalue weighted by molar-refractivity contribution is 6.30. The predicted molar refractivity (Wildman–Crippen MR) is 98.7 cm³/mol. The Balaban J connectivity index is 1.43. The highest BCUT2D eigenvalue weighted by atomic mass is 35.5. The number of urea groups is 1. The Labute approximate surface area is 152 Å². The second-order valence-corrected chi connectivity index (χ2v) is 6.41. The third-order valence-corrected chi connectivity index (χ3v) is 4.43. The van der Waals surface area contributed by atoms with Gasteiger partial charge in [0.1, 0.15) is 0 Å². The Morgan fingerprint density at radius 1 is 1.08 bits per heavy atom. The predicted octanol–water partition coefficient (Wildman–Crippen LogP) is 3.44. The summed E-state index contributed by atoms with van der Waals surface area (Å²) in [5.74, 6) is 0.0533. The van der Waals surface area contributed by atoms with Gasteiger partial charge in [-0.05, 0) is 35.7 Å². The van der Waals surface area contributed by atoms with E-state index in [4.69, 9.17) is 11.6 Å². The highest BCUT2D eigenvalue weighted by Crippen LogP contribution is 2.19. The fourth-order valence-electron chi connectivity index (χ4n) is 2.89. The molecule has 2 aromatic carbocycles. The lowest BCUT2D eigenvalue weighted by atomic mass is 10.00. The molecule has 0 saturated carbocycles. The summed E-state index contributed by atoms with van der Waals surface area (Å²) >= 11 is 5.87. The minimum absolute atomic E-state index is 0.0533. The van der Waals surface area contributed by atoms with E-state index in [9.17, 15) is 9.59 Å². The van der Waals surface area contributed by atoms with Crippen LogP contribution in [0, 0.1) is 0 Å². The first-order valence-corrected chi connectivity index (χ1v) is 8.64. The maximum Gasteiger partial charge on any atom is 0.319 e. The molecule has 0 aliphatic carbocycles. The van der Waals surface area contributed by atoms with E-state index in [0.717, 1.165) is 13.0 Å². The van der Waals surface area contributed by atoms with E-state index in [1.54, 1.807) is 24.3 Å². The summed E-state index contributed by atoms with van der Waals surface area (Å²) in [4.78, 5) is 26.0. The van der Waals surface area contributed by atoms with E-state index in [1.807, 2.05) is 17.0 Å². The molecular formula is C19H20ClN3O2. The number of carbonyl (C=O) groups excluding carboxylic acids is 2. The monoisotopic (exact) mass is 357 g/mol. The number of carbonyl (C=O) groups is 2. The maximum absolute atomic E-state index is 12.3. The molecule has 1 aliphatic heterocycles. The van der Waals surface area contributed by atoms with Crippen LogP contribution in [0.25, 0.3) is 0 Å². The van der Waals surface area contributed by atoms with Gasteiger partial charge in [0.05, 0.1) is 0 Å². The molecule has 1 heterocycles. The number of anilines is 1. The molecule has 0 saturated heterocycles. The molecule has 3 rings (SSSR count). The van der Waals surface area contributed by atoms with Crippen molar-refractivity contribution in [2.24, 2.45) is 0 Å². The summed E-state index contributed by atoms with van der Waals surface area (Å²) in [6.45, 7) is 1.66. The summed E-state index contributed by atoms with van der Waals surface area (Å²) < 4.78 is 0. The summed E-state index contributed by atoms with van der Waals surface area (Å²) in [5, 5.41) is 5.94. The van der Waals surface area contributed by atoms with Crippen molar-refractivity contribution in [3.05, 3.63) is 64.7 Å². The average molecular weight is 358 g/mol. The zero-order chi connectivity index (χ0) is 17.6. The Hall–Kier alpha value is -2.53.